The molecule has 1 unspecified atom stereocenters. The minimum atomic E-state index is -4.44. The first-order valence-electron chi connectivity index (χ1n) is 7.16. The lowest BCUT2D eigenvalue weighted by atomic mass is 10.0. The number of amides is 1. The molecule has 1 aromatic carbocycles. The summed E-state index contributed by atoms with van der Waals surface area (Å²) >= 11 is 5.88. The van der Waals surface area contributed by atoms with Gasteiger partial charge in [-0.25, -0.2) is 0 Å². The van der Waals surface area contributed by atoms with Crippen molar-refractivity contribution in [2.24, 2.45) is 5.92 Å². The van der Waals surface area contributed by atoms with E-state index in [2.05, 4.69) is 12.2 Å². The molecule has 7 heteroatoms. The SMILES string of the molecule is CC1CCCN(C(=O)CNc2cc(C(F)(F)F)ccc2Cl)C1. The maximum absolute atomic E-state index is 12.7. The predicted octanol–water partition coefficient (Wildman–Crippen LogP) is 4.03. The molecule has 0 aromatic heterocycles. The van der Waals surface area contributed by atoms with Gasteiger partial charge in [0.25, 0.3) is 0 Å². The van der Waals surface area contributed by atoms with Crippen molar-refractivity contribution in [1.29, 1.82) is 0 Å². The molecular weight excluding hydrogens is 317 g/mol. The van der Waals surface area contributed by atoms with Crippen LogP contribution in [0, 0.1) is 5.92 Å². The molecule has 22 heavy (non-hydrogen) atoms. The summed E-state index contributed by atoms with van der Waals surface area (Å²) in [5.74, 6) is 0.329. The second kappa shape index (κ2) is 6.77. The summed E-state index contributed by atoms with van der Waals surface area (Å²) in [4.78, 5) is 13.8. The lowest BCUT2D eigenvalue weighted by Crippen LogP contribution is -2.41. The Morgan fingerprint density at radius 2 is 2.18 bits per heavy atom. The van der Waals surface area contributed by atoms with Gasteiger partial charge in [-0.3, -0.25) is 4.79 Å². The molecule has 1 saturated heterocycles. The van der Waals surface area contributed by atoms with Gasteiger partial charge in [0.2, 0.25) is 5.91 Å². The molecule has 0 saturated carbocycles. The molecule has 0 bridgehead atoms. The maximum Gasteiger partial charge on any atom is 0.416 e. The topological polar surface area (TPSA) is 32.3 Å². The number of piperidine rings is 1. The van der Waals surface area contributed by atoms with Gasteiger partial charge in [0.15, 0.2) is 0 Å². The van der Waals surface area contributed by atoms with Crippen molar-refractivity contribution in [2.75, 3.05) is 25.0 Å². The van der Waals surface area contributed by atoms with Crippen molar-refractivity contribution in [3.63, 3.8) is 0 Å². The van der Waals surface area contributed by atoms with Gasteiger partial charge in [-0.05, 0) is 37.0 Å². The summed E-state index contributed by atoms with van der Waals surface area (Å²) in [5, 5.41) is 2.87. The van der Waals surface area contributed by atoms with Crippen LogP contribution in [0.3, 0.4) is 0 Å². The van der Waals surface area contributed by atoms with E-state index in [1.54, 1.807) is 4.90 Å². The molecule has 2 rings (SSSR count). The lowest BCUT2D eigenvalue weighted by molar-refractivity contribution is -0.137. The highest BCUT2D eigenvalue weighted by molar-refractivity contribution is 6.33. The number of carbonyl (C=O) groups excluding carboxylic acids is 1. The number of nitrogens with zero attached hydrogens (tertiary/aromatic N) is 1. The van der Waals surface area contributed by atoms with Crippen molar-refractivity contribution >= 4 is 23.2 Å². The third-order valence-electron chi connectivity index (χ3n) is 3.73. The summed E-state index contributed by atoms with van der Waals surface area (Å²) in [7, 11) is 0. The molecule has 1 heterocycles. The average molecular weight is 335 g/mol. The van der Waals surface area contributed by atoms with Crippen LogP contribution in [-0.4, -0.2) is 30.4 Å². The van der Waals surface area contributed by atoms with E-state index in [1.165, 1.54) is 6.07 Å². The first kappa shape index (κ1) is 16.9. The lowest BCUT2D eigenvalue weighted by Gasteiger charge is -2.31. The number of likely N-dealkylation sites (tertiary alicyclic amines) is 1. The van der Waals surface area contributed by atoms with Crippen LogP contribution in [-0.2, 0) is 11.0 Å². The summed E-state index contributed by atoms with van der Waals surface area (Å²) < 4.78 is 38.1. The van der Waals surface area contributed by atoms with Gasteiger partial charge in [0, 0.05) is 13.1 Å². The first-order valence-corrected chi connectivity index (χ1v) is 7.53. The van der Waals surface area contributed by atoms with Crippen LogP contribution >= 0.6 is 11.6 Å². The normalized spacial score (nSPS) is 19.1. The van der Waals surface area contributed by atoms with E-state index in [0.29, 0.717) is 19.0 Å². The van der Waals surface area contributed by atoms with E-state index in [9.17, 15) is 18.0 Å². The van der Waals surface area contributed by atoms with Gasteiger partial charge in [0.05, 0.1) is 22.8 Å². The Hall–Kier alpha value is -1.43. The number of nitrogens with one attached hydrogen (secondary N) is 1. The Morgan fingerprint density at radius 3 is 2.82 bits per heavy atom. The summed E-state index contributed by atoms with van der Waals surface area (Å²) in [6.07, 6.45) is -2.39. The summed E-state index contributed by atoms with van der Waals surface area (Å²) in [6.45, 7) is 3.41. The number of alkyl halides is 3. The number of halogens is 4. The standard InChI is InChI=1S/C15H18ClF3N2O/c1-10-3-2-6-21(9-10)14(22)8-20-13-7-11(15(17,18)19)4-5-12(13)16/h4-5,7,10,20H,2-3,6,8-9H2,1H3. The molecule has 1 aliphatic heterocycles. The minimum absolute atomic E-state index is 0.0618. The van der Waals surface area contributed by atoms with Crippen LogP contribution in [0.1, 0.15) is 25.3 Å². The molecule has 1 aromatic rings. The fourth-order valence-corrected chi connectivity index (χ4v) is 2.72. The first-order chi connectivity index (χ1) is 10.3. The van der Waals surface area contributed by atoms with Crippen molar-refractivity contribution in [3.05, 3.63) is 28.8 Å². The molecule has 1 amide bonds. The van der Waals surface area contributed by atoms with Crippen LogP contribution < -0.4 is 5.32 Å². The zero-order chi connectivity index (χ0) is 16.3. The zero-order valence-corrected chi connectivity index (χ0v) is 13.0. The molecule has 1 aliphatic rings. The van der Waals surface area contributed by atoms with E-state index >= 15 is 0 Å². The largest absolute Gasteiger partial charge is 0.416 e. The molecule has 3 nitrogen and oxygen atoms in total. The molecule has 0 aliphatic carbocycles. The van der Waals surface area contributed by atoms with E-state index in [4.69, 9.17) is 11.6 Å². The third-order valence-corrected chi connectivity index (χ3v) is 4.06. The highest BCUT2D eigenvalue weighted by Gasteiger charge is 2.31. The average Bonchev–Trinajstić information content (AvgIpc) is 2.44. The van der Waals surface area contributed by atoms with E-state index in [0.717, 1.165) is 25.0 Å². The summed E-state index contributed by atoms with van der Waals surface area (Å²) in [6, 6.07) is 3.02. The Bertz CT molecular complexity index is 548. The number of rotatable bonds is 3. The second-order valence-electron chi connectivity index (χ2n) is 5.63. The monoisotopic (exact) mass is 334 g/mol. The third kappa shape index (κ3) is 4.29. The Kier molecular flexibility index (Phi) is 5.21. The number of hydrogen-bond donors (Lipinski definition) is 1. The van der Waals surface area contributed by atoms with Crippen LogP contribution in [0.4, 0.5) is 18.9 Å². The van der Waals surface area contributed by atoms with Crippen LogP contribution in [0.25, 0.3) is 0 Å². The fourth-order valence-electron chi connectivity index (χ4n) is 2.54. The number of carbonyl (C=O) groups is 1. The number of anilines is 1. The van der Waals surface area contributed by atoms with E-state index in [-0.39, 0.29) is 23.2 Å². The number of hydrogen-bond acceptors (Lipinski definition) is 2. The fraction of sp³-hybridized carbons (Fsp3) is 0.533. The van der Waals surface area contributed by atoms with Gasteiger partial charge in [-0.2, -0.15) is 13.2 Å². The van der Waals surface area contributed by atoms with Crippen molar-refractivity contribution in [2.45, 2.75) is 25.9 Å². The van der Waals surface area contributed by atoms with Crippen LogP contribution in [0.15, 0.2) is 18.2 Å². The molecule has 1 N–H and O–H groups in total. The molecule has 1 fully saturated rings. The van der Waals surface area contributed by atoms with Crippen molar-refractivity contribution < 1.29 is 18.0 Å². The molecule has 122 valence electrons. The highest BCUT2D eigenvalue weighted by atomic mass is 35.5. The van der Waals surface area contributed by atoms with Gasteiger partial charge in [-0.1, -0.05) is 18.5 Å². The predicted molar refractivity (Wildman–Crippen MR) is 79.9 cm³/mol. The second-order valence-corrected chi connectivity index (χ2v) is 6.04. The Morgan fingerprint density at radius 1 is 1.45 bits per heavy atom. The Balaban J connectivity index is 2.00. The molecular formula is C15H18ClF3N2O. The highest BCUT2D eigenvalue weighted by Crippen LogP contribution is 2.33. The van der Waals surface area contributed by atoms with Gasteiger partial charge in [-0.15, -0.1) is 0 Å². The molecule has 1 atom stereocenters. The van der Waals surface area contributed by atoms with Crippen LogP contribution in [0.2, 0.25) is 5.02 Å². The number of benzene rings is 1. The van der Waals surface area contributed by atoms with Crippen molar-refractivity contribution in [3.8, 4) is 0 Å². The Labute approximate surface area is 132 Å². The van der Waals surface area contributed by atoms with Gasteiger partial charge in [0.1, 0.15) is 0 Å². The van der Waals surface area contributed by atoms with Crippen LogP contribution in [0.5, 0.6) is 0 Å². The van der Waals surface area contributed by atoms with Gasteiger partial charge < -0.3 is 10.2 Å². The summed E-state index contributed by atoms with van der Waals surface area (Å²) in [5.41, 5.74) is -0.673. The smallest absolute Gasteiger partial charge is 0.375 e. The maximum atomic E-state index is 12.7. The molecule has 0 radical (unpaired) electrons. The van der Waals surface area contributed by atoms with Gasteiger partial charge >= 0.3 is 6.18 Å². The minimum Gasteiger partial charge on any atom is -0.375 e. The van der Waals surface area contributed by atoms with Crippen molar-refractivity contribution in [1.82, 2.24) is 4.90 Å². The molecule has 0 spiro atoms. The quantitative estimate of drug-likeness (QED) is 0.905. The van der Waals surface area contributed by atoms with E-state index < -0.39 is 11.7 Å². The zero-order valence-electron chi connectivity index (χ0n) is 12.2. The van der Waals surface area contributed by atoms with E-state index in [1.807, 2.05) is 0 Å².